The van der Waals surface area contributed by atoms with E-state index in [1.165, 1.54) is 0 Å². The zero-order valence-corrected chi connectivity index (χ0v) is 8.00. The van der Waals surface area contributed by atoms with Gasteiger partial charge in [-0.1, -0.05) is 0 Å². The molecule has 0 aliphatic carbocycles. The Bertz CT molecular complexity index is 292. The summed E-state index contributed by atoms with van der Waals surface area (Å²) in [5.41, 5.74) is 1.79. The lowest BCUT2D eigenvalue weighted by Gasteiger charge is -2.08. The van der Waals surface area contributed by atoms with Crippen LogP contribution in [0.1, 0.15) is 13.8 Å². The Labute approximate surface area is 80.3 Å². The Hall–Kier alpha value is -1.14. The van der Waals surface area contributed by atoms with Gasteiger partial charge < -0.3 is 5.32 Å². The third-order valence-electron chi connectivity index (χ3n) is 1.13. The van der Waals surface area contributed by atoms with Crippen molar-refractivity contribution in [2.45, 2.75) is 19.9 Å². The van der Waals surface area contributed by atoms with E-state index in [4.69, 9.17) is 16.8 Å². The van der Waals surface area contributed by atoms with E-state index in [1.807, 2.05) is 13.8 Å². The summed E-state index contributed by atoms with van der Waals surface area (Å²) in [5, 5.41) is 11.5. The highest BCUT2D eigenvalue weighted by atomic mass is 35.5. The van der Waals surface area contributed by atoms with Gasteiger partial charge in [-0.15, -0.1) is 0 Å². The zero-order valence-electron chi connectivity index (χ0n) is 7.24. The predicted octanol–water partition coefficient (Wildman–Crippen LogP) is 1.15. The van der Waals surface area contributed by atoms with Gasteiger partial charge in [0, 0.05) is 6.04 Å². The normalized spacial score (nSPS) is 10.2. The summed E-state index contributed by atoms with van der Waals surface area (Å²) in [6.07, 6.45) is 0. The highest BCUT2D eigenvalue weighted by molar-refractivity contribution is 6.28. The Balaban J connectivity index is 2.88. The number of nitrogens with one attached hydrogen (secondary N) is 2. The minimum absolute atomic E-state index is 0.0168. The van der Waals surface area contributed by atoms with Crippen molar-refractivity contribution in [3.63, 3.8) is 0 Å². The van der Waals surface area contributed by atoms with Gasteiger partial charge in [0.05, 0.1) is 0 Å². The first-order valence-electron chi connectivity index (χ1n) is 3.70. The van der Waals surface area contributed by atoms with Crippen LogP contribution in [0.2, 0.25) is 5.28 Å². The fraction of sp³-hybridized carbons (Fsp3) is 0.500. The Morgan fingerprint density at radius 2 is 1.85 bits per heavy atom. The number of anilines is 2. The lowest BCUT2D eigenvalue weighted by molar-refractivity contribution is 0.382. The minimum atomic E-state index is 0.0168. The van der Waals surface area contributed by atoms with Crippen molar-refractivity contribution < 1.29 is 5.21 Å². The maximum atomic E-state index is 8.53. The summed E-state index contributed by atoms with van der Waals surface area (Å²) in [5.74, 6) is 0.342. The molecule has 0 atom stereocenters. The monoisotopic (exact) mass is 203 g/mol. The molecule has 13 heavy (non-hydrogen) atoms. The van der Waals surface area contributed by atoms with Gasteiger partial charge in [0.25, 0.3) is 5.95 Å². The fourth-order valence-electron chi connectivity index (χ4n) is 0.723. The fourth-order valence-corrected chi connectivity index (χ4v) is 0.883. The molecule has 3 N–H and O–H groups in total. The van der Waals surface area contributed by atoms with Crippen molar-refractivity contribution in [1.82, 2.24) is 15.0 Å². The van der Waals surface area contributed by atoms with Crippen LogP contribution < -0.4 is 10.8 Å². The molecule has 0 saturated carbocycles. The minimum Gasteiger partial charge on any atom is -0.352 e. The maximum absolute atomic E-state index is 8.53. The van der Waals surface area contributed by atoms with Gasteiger partial charge in [-0.3, -0.25) is 5.21 Å². The Morgan fingerprint density at radius 3 is 2.38 bits per heavy atom. The van der Waals surface area contributed by atoms with Crippen molar-refractivity contribution in [3.8, 4) is 0 Å². The largest absolute Gasteiger partial charge is 0.352 e. The average molecular weight is 204 g/mol. The van der Waals surface area contributed by atoms with Gasteiger partial charge >= 0.3 is 0 Å². The molecule has 0 bridgehead atoms. The molecule has 1 rings (SSSR count). The molecule has 0 aliphatic heterocycles. The maximum Gasteiger partial charge on any atom is 0.253 e. The summed E-state index contributed by atoms with van der Waals surface area (Å²) in [6, 6.07) is 0.185. The Morgan fingerprint density at radius 1 is 1.23 bits per heavy atom. The van der Waals surface area contributed by atoms with E-state index in [1.54, 1.807) is 5.48 Å². The SMILES string of the molecule is CC(C)Nc1nc(Cl)nc(NO)n1. The summed E-state index contributed by atoms with van der Waals surface area (Å²) >= 11 is 5.56. The lowest BCUT2D eigenvalue weighted by Crippen LogP contribution is -2.14. The van der Waals surface area contributed by atoms with Crippen LogP contribution in [0.3, 0.4) is 0 Å². The van der Waals surface area contributed by atoms with Crippen molar-refractivity contribution in [2.75, 3.05) is 10.8 Å². The summed E-state index contributed by atoms with van der Waals surface area (Å²) < 4.78 is 0. The van der Waals surface area contributed by atoms with Crippen LogP contribution >= 0.6 is 11.6 Å². The van der Waals surface area contributed by atoms with Crippen LogP contribution in [0.25, 0.3) is 0 Å². The topological polar surface area (TPSA) is 83.0 Å². The van der Waals surface area contributed by atoms with Gasteiger partial charge in [-0.2, -0.15) is 15.0 Å². The summed E-state index contributed by atoms with van der Waals surface area (Å²) in [4.78, 5) is 11.2. The Kier molecular flexibility index (Phi) is 3.21. The second-order valence-corrected chi connectivity index (χ2v) is 3.00. The van der Waals surface area contributed by atoms with Crippen molar-refractivity contribution in [3.05, 3.63) is 5.28 Å². The highest BCUT2D eigenvalue weighted by Crippen LogP contribution is 2.09. The van der Waals surface area contributed by atoms with E-state index in [9.17, 15) is 0 Å². The number of hydrogen-bond acceptors (Lipinski definition) is 6. The van der Waals surface area contributed by atoms with Crippen LogP contribution in [-0.4, -0.2) is 26.2 Å². The number of rotatable bonds is 3. The van der Waals surface area contributed by atoms with Crippen LogP contribution in [-0.2, 0) is 0 Å². The molecule has 1 aromatic heterocycles. The first-order chi connectivity index (χ1) is 6.11. The molecule has 0 saturated heterocycles. The molecule has 0 fully saturated rings. The lowest BCUT2D eigenvalue weighted by atomic mass is 10.4. The van der Waals surface area contributed by atoms with Crippen LogP contribution in [0.5, 0.6) is 0 Å². The van der Waals surface area contributed by atoms with E-state index < -0.39 is 0 Å². The molecule has 1 aromatic rings. The second kappa shape index (κ2) is 4.20. The molecule has 0 unspecified atom stereocenters. The number of aromatic nitrogens is 3. The van der Waals surface area contributed by atoms with Gasteiger partial charge in [-0.05, 0) is 25.4 Å². The quantitative estimate of drug-likeness (QED) is 0.640. The number of halogens is 1. The van der Waals surface area contributed by atoms with Crippen LogP contribution in [0.4, 0.5) is 11.9 Å². The predicted molar refractivity (Wildman–Crippen MR) is 49.0 cm³/mol. The molecular formula is C6H10ClN5O. The van der Waals surface area contributed by atoms with E-state index in [2.05, 4.69) is 20.3 Å². The molecule has 0 aromatic carbocycles. The second-order valence-electron chi connectivity index (χ2n) is 2.66. The van der Waals surface area contributed by atoms with Gasteiger partial charge in [0.1, 0.15) is 0 Å². The molecule has 72 valence electrons. The molecule has 7 heteroatoms. The van der Waals surface area contributed by atoms with E-state index in [0.29, 0.717) is 5.95 Å². The molecule has 1 heterocycles. The first kappa shape index (κ1) is 9.94. The molecular weight excluding hydrogens is 194 g/mol. The molecule has 0 spiro atoms. The van der Waals surface area contributed by atoms with Gasteiger partial charge in [0.15, 0.2) is 0 Å². The highest BCUT2D eigenvalue weighted by Gasteiger charge is 2.04. The van der Waals surface area contributed by atoms with E-state index in [-0.39, 0.29) is 17.3 Å². The molecule has 0 aliphatic rings. The van der Waals surface area contributed by atoms with E-state index >= 15 is 0 Å². The van der Waals surface area contributed by atoms with Crippen molar-refractivity contribution in [1.29, 1.82) is 0 Å². The third kappa shape index (κ3) is 3.00. The molecule has 6 nitrogen and oxygen atoms in total. The van der Waals surface area contributed by atoms with Gasteiger partial charge in [-0.25, -0.2) is 5.48 Å². The van der Waals surface area contributed by atoms with Crippen LogP contribution in [0, 0.1) is 0 Å². The van der Waals surface area contributed by atoms with Crippen LogP contribution in [0.15, 0.2) is 0 Å². The number of hydrogen-bond donors (Lipinski definition) is 3. The molecule has 0 amide bonds. The average Bonchev–Trinajstić information content (AvgIpc) is 2.01. The van der Waals surface area contributed by atoms with Crippen molar-refractivity contribution >= 4 is 23.5 Å². The smallest absolute Gasteiger partial charge is 0.253 e. The number of nitrogens with zero attached hydrogens (tertiary/aromatic N) is 3. The van der Waals surface area contributed by atoms with Crippen molar-refractivity contribution in [2.24, 2.45) is 0 Å². The van der Waals surface area contributed by atoms with E-state index in [0.717, 1.165) is 0 Å². The first-order valence-corrected chi connectivity index (χ1v) is 4.08. The summed E-state index contributed by atoms with van der Waals surface area (Å²) in [7, 11) is 0. The summed E-state index contributed by atoms with van der Waals surface area (Å²) in [6.45, 7) is 3.87. The van der Waals surface area contributed by atoms with Gasteiger partial charge in [0.2, 0.25) is 11.2 Å². The standard InChI is InChI=1S/C6H10ClN5O/c1-3(2)8-5-9-4(7)10-6(11-5)12-13/h3,13H,1-2H3,(H2,8,9,10,11,12). The zero-order chi connectivity index (χ0) is 9.84. The molecule has 0 radical (unpaired) electrons. The third-order valence-corrected chi connectivity index (χ3v) is 1.29.